The van der Waals surface area contributed by atoms with E-state index in [-0.39, 0.29) is 5.91 Å². The van der Waals surface area contributed by atoms with E-state index in [9.17, 15) is 14.4 Å². The third-order valence-corrected chi connectivity index (χ3v) is 5.33. The third kappa shape index (κ3) is 4.43. The number of aldehydes is 1. The molecule has 5 nitrogen and oxygen atoms in total. The molecule has 23 heavy (non-hydrogen) atoms. The van der Waals surface area contributed by atoms with E-state index in [0.29, 0.717) is 37.2 Å². The first-order valence-electron chi connectivity index (χ1n) is 8.72. The van der Waals surface area contributed by atoms with Crippen molar-refractivity contribution in [2.24, 2.45) is 5.92 Å². The molecule has 2 amide bonds. The van der Waals surface area contributed by atoms with E-state index in [1.807, 2.05) is 0 Å². The van der Waals surface area contributed by atoms with E-state index in [2.05, 4.69) is 11.8 Å². The molecule has 0 radical (unpaired) electrons. The number of carbonyl (C=O) groups is 3. The molecule has 0 N–H and O–H groups in total. The van der Waals surface area contributed by atoms with Gasteiger partial charge in [-0.25, -0.2) is 0 Å². The smallest absolute Gasteiger partial charge is 0.246 e. The third-order valence-electron chi connectivity index (χ3n) is 5.33. The number of piperidine rings is 1. The van der Waals surface area contributed by atoms with Crippen LogP contribution in [0.5, 0.6) is 0 Å². The molecular weight excluding hydrogens is 292 g/mol. The van der Waals surface area contributed by atoms with Gasteiger partial charge in [0.15, 0.2) is 0 Å². The summed E-state index contributed by atoms with van der Waals surface area (Å²) in [7, 11) is 1.73. The minimum atomic E-state index is -0.157. The Morgan fingerprint density at radius 3 is 2.65 bits per heavy atom. The topological polar surface area (TPSA) is 57.7 Å². The number of allylic oxidation sites excluding steroid dienone is 1. The lowest BCUT2D eigenvalue weighted by Gasteiger charge is -2.33. The van der Waals surface area contributed by atoms with Crippen molar-refractivity contribution < 1.29 is 14.4 Å². The van der Waals surface area contributed by atoms with Gasteiger partial charge in [0.2, 0.25) is 11.8 Å². The van der Waals surface area contributed by atoms with Crippen LogP contribution in [0.3, 0.4) is 0 Å². The summed E-state index contributed by atoms with van der Waals surface area (Å²) >= 11 is 0. The van der Waals surface area contributed by atoms with Crippen LogP contribution in [-0.4, -0.2) is 53.6 Å². The summed E-state index contributed by atoms with van der Waals surface area (Å²) < 4.78 is 0. The van der Waals surface area contributed by atoms with Crippen LogP contribution in [-0.2, 0) is 14.4 Å². The molecule has 3 unspecified atom stereocenters. The minimum absolute atomic E-state index is 0.157. The Morgan fingerprint density at radius 2 is 2.00 bits per heavy atom. The molecule has 1 saturated heterocycles. The minimum Gasteiger partial charge on any atom is -0.342 e. The number of rotatable bonds is 8. The van der Waals surface area contributed by atoms with E-state index < -0.39 is 0 Å². The van der Waals surface area contributed by atoms with Crippen molar-refractivity contribution in [3.05, 3.63) is 12.2 Å². The van der Waals surface area contributed by atoms with Crippen LogP contribution >= 0.6 is 0 Å². The highest BCUT2D eigenvalue weighted by Gasteiger charge is 2.45. The molecule has 0 aromatic rings. The summed E-state index contributed by atoms with van der Waals surface area (Å²) in [6.45, 7) is 2.84. The number of nitrogens with zero attached hydrogens (tertiary/aromatic N) is 2. The summed E-state index contributed by atoms with van der Waals surface area (Å²) in [5.41, 5.74) is 0. The van der Waals surface area contributed by atoms with Crippen LogP contribution < -0.4 is 0 Å². The molecule has 0 aromatic carbocycles. The lowest BCUT2D eigenvalue weighted by Crippen LogP contribution is -2.43. The Bertz CT molecular complexity index is 473. The van der Waals surface area contributed by atoms with Crippen molar-refractivity contribution in [1.29, 1.82) is 0 Å². The van der Waals surface area contributed by atoms with Crippen LogP contribution in [0.1, 0.15) is 51.9 Å². The molecule has 1 aliphatic heterocycles. The molecule has 1 aliphatic carbocycles. The number of carbonyl (C=O) groups excluding carboxylic acids is 3. The number of likely N-dealkylation sites (tertiary alicyclic amines) is 1. The second kappa shape index (κ2) is 8.27. The second-order valence-electron chi connectivity index (χ2n) is 6.83. The molecule has 1 heterocycles. The predicted molar refractivity (Wildman–Crippen MR) is 88.7 cm³/mol. The van der Waals surface area contributed by atoms with Crippen molar-refractivity contribution in [2.45, 2.75) is 64.0 Å². The number of fused-ring (bicyclic) bond motifs is 2. The highest BCUT2D eigenvalue weighted by Crippen LogP contribution is 2.42. The molecule has 2 aliphatic rings. The molecule has 5 heteroatoms. The molecule has 2 rings (SSSR count). The van der Waals surface area contributed by atoms with E-state index in [1.54, 1.807) is 11.9 Å². The van der Waals surface area contributed by atoms with Crippen LogP contribution in [0.15, 0.2) is 12.2 Å². The van der Waals surface area contributed by atoms with Gasteiger partial charge in [-0.2, -0.15) is 0 Å². The fraction of sp³-hybridized carbons (Fsp3) is 0.722. The number of amides is 2. The predicted octanol–water partition coefficient (Wildman–Crippen LogP) is 2.16. The van der Waals surface area contributed by atoms with Gasteiger partial charge in [0.1, 0.15) is 6.29 Å². The summed E-state index contributed by atoms with van der Waals surface area (Å²) in [5, 5.41) is 0. The van der Waals surface area contributed by atoms with Gasteiger partial charge in [0.25, 0.3) is 0 Å². The zero-order chi connectivity index (χ0) is 16.8. The summed E-state index contributed by atoms with van der Waals surface area (Å²) in [5.74, 6) is 0.876. The van der Waals surface area contributed by atoms with Crippen LogP contribution in [0.4, 0.5) is 0 Å². The van der Waals surface area contributed by atoms with Crippen LogP contribution in [0.25, 0.3) is 0 Å². The van der Waals surface area contributed by atoms with Crippen molar-refractivity contribution in [3.8, 4) is 0 Å². The normalized spacial score (nSPS) is 26.0. The maximum absolute atomic E-state index is 12.4. The maximum atomic E-state index is 12.4. The first-order chi connectivity index (χ1) is 11.0. The highest BCUT2D eigenvalue weighted by molar-refractivity contribution is 5.90. The lowest BCUT2D eigenvalue weighted by atomic mass is 10.00. The summed E-state index contributed by atoms with van der Waals surface area (Å²) in [6, 6.07) is 0.922. The van der Waals surface area contributed by atoms with Gasteiger partial charge in [0.05, 0.1) is 0 Å². The Hall–Kier alpha value is -1.65. The Morgan fingerprint density at radius 1 is 1.22 bits per heavy atom. The first-order valence-corrected chi connectivity index (χ1v) is 8.72. The van der Waals surface area contributed by atoms with Crippen LogP contribution in [0, 0.1) is 5.92 Å². The quantitative estimate of drug-likeness (QED) is 0.391. The Labute approximate surface area is 138 Å². The largest absolute Gasteiger partial charge is 0.342 e. The lowest BCUT2D eigenvalue weighted by molar-refractivity contribution is -0.135. The molecular formula is C18H28N2O3. The first kappa shape index (κ1) is 17.7. The fourth-order valence-electron chi connectivity index (χ4n) is 3.96. The molecule has 2 fully saturated rings. The summed E-state index contributed by atoms with van der Waals surface area (Å²) in [6.07, 6.45) is 10.1. The standard InChI is InChI=1S/C18H28N2O3/c1-14-15-9-10-16(13-15)20(14)18(23)7-4-3-5-11-19(2)17(22)8-6-12-21/h6,8,12,14-16H,3-5,7,9-11,13H2,1-2H3/b8-6-. The number of unbranched alkanes of at least 4 members (excludes halogenated alkanes) is 2. The molecule has 0 aromatic heterocycles. The molecule has 3 atom stereocenters. The zero-order valence-electron chi connectivity index (χ0n) is 14.2. The Kier molecular flexibility index (Phi) is 6.37. The Balaban J connectivity index is 1.60. The van der Waals surface area contributed by atoms with Gasteiger partial charge in [-0.05, 0) is 51.0 Å². The zero-order valence-corrected chi connectivity index (χ0v) is 14.2. The summed E-state index contributed by atoms with van der Waals surface area (Å²) in [4.78, 5) is 37.9. The van der Waals surface area contributed by atoms with E-state index in [1.165, 1.54) is 31.4 Å². The van der Waals surface area contributed by atoms with E-state index in [0.717, 1.165) is 25.2 Å². The maximum Gasteiger partial charge on any atom is 0.246 e. The van der Waals surface area contributed by atoms with Gasteiger partial charge in [-0.3, -0.25) is 14.4 Å². The number of hydrogen-bond donors (Lipinski definition) is 0. The molecule has 1 saturated carbocycles. The van der Waals surface area contributed by atoms with Crippen molar-refractivity contribution in [3.63, 3.8) is 0 Å². The van der Waals surface area contributed by atoms with Gasteiger partial charge in [-0.1, -0.05) is 6.42 Å². The van der Waals surface area contributed by atoms with E-state index in [4.69, 9.17) is 0 Å². The van der Waals surface area contributed by atoms with Gasteiger partial charge in [-0.15, -0.1) is 0 Å². The molecule has 2 bridgehead atoms. The van der Waals surface area contributed by atoms with Crippen molar-refractivity contribution in [2.75, 3.05) is 13.6 Å². The average Bonchev–Trinajstić information content (AvgIpc) is 3.12. The number of hydrogen-bond acceptors (Lipinski definition) is 3. The highest BCUT2D eigenvalue weighted by atomic mass is 16.2. The average molecular weight is 320 g/mol. The van der Waals surface area contributed by atoms with Gasteiger partial charge < -0.3 is 9.80 Å². The fourth-order valence-corrected chi connectivity index (χ4v) is 3.96. The number of likely N-dealkylation sites (N-methyl/N-ethyl adjacent to an activating group) is 1. The van der Waals surface area contributed by atoms with Crippen molar-refractivity contribution >= 4 is 18.1 Å². The molecule has 128 valence electrons. The van der Waals surface area contributed by atoms with Crippen LogP contribution in [0.2, 0.25) is 0 Å². The van der Waals surface area contributed by atoms with Gasteiger partial charge in [0, 0.05) is 38.2 Å². The van der Waals surface area contributed by atoms with Gasteiger partial charge >= 0.3 is 0 Å². The van der Waals surface area contributed by atoms with Crippen molar-refractivity contribution in [1.82, 2.24) is 9.80 Å². The molecule has 0 spiro atoms. The van der Waals surface area contributed by atoms with E-state index >= 15 is 0 Å². The SMILES string of the molecule is CC1C2CCC(C2)N1C(=O)CCCCCN(C)C(=O)/C=C\C=O. The second-order valence-corrected chi connectivity index (χ2v) is 6.83. The monoisotopic (exact) mass is 320 g/mol.